The predicted octanol–water partition coefficient (Wildman–Crippen LogP) is 6.54. The molecule has 1 aliphatic heterocycles. The summed E-state index contributed by atoms with van der Waals surface area (Å²) in [4.78, 5) is 2.47. The smallest absolute Gasteiger partial charge is 0.123 e. The Morgan fingerprint density at radius 2 is 1.45 bits per heavy atom. The summed E-state index contributed by atoms with van der Waals surface area (Å²) < 4.78 is 26.8. The first kappa shape index (κ1) is 21.3. The Balaban J connectivity index is 1.40. The van der Waals surface area contributed by atoms with Gasteiger partial charge in [0.05, 0.1) is 6.04 Å². The number of piperidine rings is 1. The normalized spacial score (nSPS) is 16.5. The Bertz CT molecular complexity index is 960. The van der Waals surface area contributed by atoms with Gasteiger partial charge in [-0.1, -0.05) is 54.6 Å². The lowest BCUT2D eigenvalue weighted by Crippen LogP contribution is -2.37. The maximum atomic E-state index is 13.5. The molecule has 4 heteroatoms. The first-order valence-corrected chi connectivity index (χ1v) is 10.9. The van der Waals surface area contributed by atoms with E-state index in [1.54, 1.807) is 12.1 Å². The van der Waals surface area contributed by atoms with Crippen LogP contribution >= 0.6 is 0 Å². The molecule has 1 saturated heterocycles. The molecule has 1 N–H and O–H groups in total. The Labute approximate surface area is 183 Å². The fourth-order valence-corrected chi connectivity index (χ4v) is 4.24. The van der Waals surface area contributed by atoms with Crippen LogP contribution in [0, 0.1) is 17.6 Å². The van der Waals surface area contributed by atoms with E-state index in [0.717, 1.165) is 43.7 Å². The zero-order valence-electron chi connectivity index (χ0n) is 17.6. The molecule has 3 aromatic carbocycles. The first-order valence-electron chi connectivity index (χ1n) is 10.9. The van der Waals surface area contributed by atoms with Crippen LogP contribution in [-0.4, -0.2) is 24.5 Å². The minimum Gasteiger partial charge on any atom is -0.378 e. The van der Waals surface area contributed by atoms with Crippen molar-refractivity contribution in [3.05, 3.63) is 108 Å². The standard InChI is InChI=1S/C27H28F2N2/c28-24-10-8-22(9-11-24)27(30-26-14-12-25(29)13-15-26)23-16-19-31(20-17-23)18-4-7-21-5-2-1-3-6-21/h1-15,23,27,30H,16-20H2. The van der Waals surface area contributed by atoms with Gasteiger partial charge >= 0.3 is 0 Å². The summed E-state index contributed by atoms with van der Waals surface area (Å²) in [7, 11) is 0. The molecule has 1 heterocycles. The molecule has 1 atom stereocenters. The number of nitrogens with one attached hydrogen (secondary N) is 1. The molecule has 0 bridgehead atoms. The number of halogens is 2. The van der Waals surface area contributed by atoms with Crippen LogP contribution in [0.15, 0.2) is 84.9 Å². The van der Waals surface area contributed by atoms with Gasteiger partial charge in [-0.3, -0.25) is 4.90 Å². The number of hydrogen-bond acceptors (Lipinski definition) is 2. The molecule has 4 rings (SSSR count). The third-order valence-corrected chi connectivity index (χ3v) is 5.97. The lowest BCUT2D eigenvalue weighted by molar-refractivity contribution is 0.188. The van der Waals surface area contributed by atoms with E-state index in [-0.39, 0.29) is 17.7 Å². The minimum absolute atomic E-state index is 0.0630. The third-order valence-electron chi connectivity index (χ3n) is 5.97. The maximum absolute atomic E-state index is 13.5. The molecule has 0 aromatic heterocycles. The molecular formula is C27H28F2N2. The van der Waals surface area contributed by atoms with Crippen LogP contribution < -0.4 is 5.32 Å². The summed E-state index contributed by atoms with van der Waals surface area (Å²) in [5.74, 6) is -0.0603. The van der Waals surface area contributed by atoms with Crippen molar-refractivity contribution >= 4 is 11.8 Å². The van der Waals surface area contributed by atoms with Gasteiger partial charge in [-0.2, -0.15) is 0 Å². The van der Waals surface area contributed by atoms with Crippen LogP contribution in [0.2, 0.25) is 0 Å². The summed E-state index contributed by atoms with van der Waals surface area (Å²) in [5, 5.41) is 3.57. The number of hydrogen-bond donors (Lipinski definition) is 1. The summed E-state index contributed by atoms with van der Waals surface area (Å²) >= 11 is 0. The highest BCUT2D eigenvalue weighted by Gasteiger charge is 2.27. The molecule has 1 unspecified atom stereocenters. The maximum Gasteiger partial charge on any atom is 0.123 e. The van der Waals surface area contributed by atoms with Gasteiger partial charge in [0.2, 0.25) is 0 Å². The van der Waals surface area contributed by atoms with Crippen LogP contribution in [0.3, 0.4) is 0 Å². The van der Waals surface area contributed by atoms with E-state index in [2.05, 4.69) is 46.6 Å². The van der Waals surface area contributed by atoms with Gasteiger partial charge in [0.15, 0.2) is 0 Å². The van der Waals surface area contributed by atoms with Crippen LogP contribution in [0.5, 0.6) is 0 Å². The number of benzene rings is 3. The number of anilines is 1. The molecule has 2 nitrogen and oxygen atoms in total. The monoisotopic (exact) mass is 418 g/mol. The fourth-order valence-electron chi connectivity index (χ4n) is 4.24. The quantitative estimate of drug-likeness (QED) is 0.468. The molecule has 0 saturated carbocycles. The Morgan fingerprint density at radius 1 is 0.839 bits per heavy atom. The van der Waals surface area contributed by atoms with E-state index in [0.29, 0.717) is 5.92 Å². The van der Waals surface area contributed by atoms with E-state index in [9.17, 15) is 8.78 Å². The van der Waals surface area contributed by atoms with Crippen LogP contribution in [0.25, 0.3) is 6.08 Å². The summed E-state index contributed by atoms with van der Waals surface area (Å²) in [5.41, 5.74) is 3.16. The topological polar surface area (TPSA) is 15.3 Å². The largest absolute Gasteiger partial charge is 0.378 e. The van der Waals surface area contributed by atoms with Crippen molar-refractivity contribution in [2.45, 2.75) is 18.9 Å². The lowest BCUT2D eigenvalue weighted by atomic mass is 9.85. The SMILES string of the molecule is Fc1ccc(NC(c2ccc(F)cc2)C2CCN(CC=Cc3ccccc3)CC2)cc1. The average molecular weight is 419 g/mol. The Kier molecular flexibility index (Phi) is 7.11. The predicted molar refractivity (Wildman–Crippen MR) is 124 cm³/mol. The summed E-state index contributed by atoms with van der Waals surface area (Å²) in [6.45, 7) is 2.98. The van der Waals surface area contributed by atoms with Gasteiger partial charge in [-0.15, -0.1) is 0 Å². The summed E-state index contributed by atoms with van der Waals surface area (Å²) in [6, 6.07) is 23.6. The molecule has 0 spiro atoms. The second-order valence-electron chi connectivity index (χ2n) is 8.13. The van der Waals surface area contributed by atoms with Gasteiger partial charge < -0.3 is 5.32 Å². The highest BCUT2D eigenvalue weighted by Crippen LogP contribution is 2.34. The van der Waals surface area contributed by atoms with E-state index in [4.69, 9.17) is 0 Å². The van der Waals surface area contributed by atoms with Crippen molar-refractivity contribution < 1.29 is 8.78 Å². The molecular weight excluding hydrogens is 390 g/mol. The van der Waals surface area contributed by atoms with Crippen molar-refractivity contribution in [2.75, 3.05) is 25.0 Å². The van der Waals surface area contributed by atoms with E-state index in [1.807, 2.05) is 18.2 Å². The first-order chi connectivity index (χ1) is 15.2. The van der Waals surface area contributed by atoms with Crippen LogP contribution in [0.4, 0.5) is 14.5 Å². The molecule has 160 valence electrons. The molecule has 0 aliphatic carbocycles. The zero-order chi connectivity index (χ0) is 21.5. The minimum atomic E-state index is -0.249. The van der Waals surface area contributed by atoms with Crippen molar-refractivity contribution in [3.63, 3.8) is 0 Å². The molecule has 0 amide bonds. The Hall–Kier alpha value is -2.98. The number of rotatable bonds is 7. The van der Waals surface area contributed by atoms with E-state index < -0.39 is 0 Å². The van der Waals surface area contributed by atoms with Gasteiger partial charge in [0.1, 0.15) is 11.6 Å². The fraction of sp³-hybridized carbons (Fsp3) is 0.259. The molecule has 0 radical (unpaired) electrons. The van der Waals surface area contributed by atoms with Gasteiger partial charge in [-0.05, 0) is 79.4 Å². The highest BCUT2D eigenvalue weighted by atomic mass is 19.1. The number of nitrogens with zero attached hydrogens (tertiary/aromatic N) is 1. The van der Waals surface area contributed by atoms with Crippen LogP contribution in [0.1, 0.15) is 30.0 Å². The van der Waals surface area contributed by atoms with E-state index >= 15 is 0 Å². The van der Waals surface area contributed by atoms with E-state index in [1.165, 1.54) is 29.8 Å². The lowest BCUT2D eigenvalue weighted by Gasteiger charge is -2.36. The second-order valence-corrected chi connectivity index (χ2v) is 8.13. The van der Waals surface area contributed by atoms with Crippen molar-refractivity contribution in [1.82, 2.24) is 4.90 Å². The molecule has 31 heavy (non-hydrogen) atoms. The summed E-state index contributed by atoms with van der Waals surface area (Å²) in [6.07, 6.45) is 6.50. The molecule has 1 fully saturated rings. The Morgan fingerprint density at radius 3 is 2.10 bits per heavy atom. The van der Waals surface area contributed by atoms with Crippen LogP contribution in [-0.2, 0) is 0 Å². The van der Waals surface area contributed by atoms with Crippen molar-refractivity contribution in [1.29, 1.82) is 0 Å². The third kappa shape index (κ3) is 6.02. The van der Waals surface area contributed by atoms with Gasteiger partial charge in [0.25, 0.3) is 0 Å². The second kappa shape index (κ2) is 10.4. The van der Waals surface area contributed by atoms with Gasteiger partial charge in [0, 0.05) is 12.2 Å². The number of likely N-dealkylation sites (tertiary alicyclic amines) is 1. The average Bonchev–Trinajstić information content (AvgIpc) is 2.81. The van der Waals surface area contributed by atoms with Crippen molar-refractivity contribution in [3.8, 4) is 0 Å². The molecule has 3 aromatic rings. The highest BCUT2D eigenvalue weighted by molar-refractivity contribution is 5.49. The van der Waals surface area contributed by atoms with Crippen molar-refractivity contribution in [2.24, 2.45) is 5.92 Å². The molecule has 1 aliphatic rings. The zero-order valence-corrected chi connectivity index (χ0v) is 17.6. The van der Waals surface area contributed by atoms with Gasteiger partial charge in [-0.25, -0.2) is 8.78 Å².